The molecule has 0 spiro atoms. The van der Waals surface area contributed by atoms with Gasteiger partial charge in [0.1, 0.15) is 6.54 Å². The topological polar surface area (TPSA) is 108 Å². The van der Waals surface area contributed by atoms with E-state index >= 15 is 0 Å². The normalized spacial score (nSPS) is 11.7. The number of benzene rings is 1. The number of hydrogen-bond donors (Lipinski definition) is 3. The SMILES string of the molecule is O=C(Nc1cc(-c2cccnc2)[nH]n1)c1ccc2c(c1)[nH]c(=O)n2CC(F)(F)F. The fourth-order valence-corrected chi connectivity index (χ4v) is 2.89. The number of amides is 1. The highest BCUT2D eigenvalue weighted by molar-refractivity contribution is 6.05. The lowest BCUT2D eigenvalue weighted by atomic mass is 10.2. The van der Waals surface area contributed by atoms with Gasteiger partial charge in [-0.15, -0.1) is 0 Å². The van der Waals surface area contributed by atoms with Gasteiger partial charge >= 0.3 is 11.9 Å². The predicted octanol–water partition coefficient (Wildman–Crippen LogP) is 2.93. The minimum absolute atomic E-state index is 0.0579. The van der Waals surface area contributed by atoms with E-state index < -0.39 is 24.3 Å². The Labute approximate surface area is 160 Å². The number of fused-ring (bicyclic) bond motifs is 1. The van der Waals surface area contributed by atoms with Crippen molar-refractivity contribution in [3.8, 4) is 11.3 Å². The van der Waals surface area contributed by atoms with Crippen molar-refractivity contribution < 1.29 is 18.0 Å². The van der Waals surface area contributed by atoms with Crippen LogP contribution in [0.3, 0.4) is 0 Å². The zero-order valence-electron chi connectivity index (χ0n) is 14.6. The van der Waals surface area contributed by atoms with Crippen LogP contribution in [0, 0.1) is 0 Å². The minimum atomic E-state index is -4.54. The molecule has 4 aromatic rings. The summed E-state index contributed by atoms with van der Waals surface area (Å²) in [7, 11) is 0. The molecular weight excluding hydrogens is 389 g/mol. The average Bonchev–Trinajstić information content (AvgIpc) is 3.26. The Bertz CT molecular complexity index is 1240. The van der Waals surface area contributed by atoms with Gasteiger partial charge in [-0.25, -0.2) is 4.79 Å². The molecule has 11 heteroatoms. The predicted molar refractivity (Wildman–Crippen MR) is 98.4 cm³/mol. The molecule has 0 aliphatic heterocycles. The Hall–Kier alpha value is -3.89. The van der Waals surface area contributed by atoms with Gasteiger partial charge in [-0.3, -0.25) is 19.4 Å². The van der Waals surface area contributed by atoms with Crippen molar-refractivity contribution in [1.29, 1.82) is 0 Å². The Morgan fingerprint density at radius 2 is 2.03 bits per heavy atom. The molecule has 3 aromatic heterocycles. The van der Waals surface area contributed by atoms with E-state index in [4.69, 9.17) is 0 Å². The van der Waals surface area contributed by atoms with Crippen LogP contribution < -0.4 is 11.0 Å². The summed E-state index contributed by atoms with van der Waals surface area (Å²) in [6.07, 6.45) is -1.28. The summed E-state index contributed by atoms with van der Waals surface area (Å²) >= 11 is 0. The van der Waals surface area contributed by atoms with Crippen molar-refractivity contribution in [2.75, 3.05) is 5.32 Å². The van der Waals surface area contributed by atoms with Crippen LogP contribution in [0.2, 0.25) is 0 Å². The summed E-state index contributed by atoms with van der Waals surface area (Å²) in [6.45, 7) is -1.41. The molecule has 29 heavy (non-hydrogen) atoms. The summed E-state index contributed by atoms with van der Waals surface area (Å²) in [5.74, 6) is -0.266. The van der Waals surface area contributed by atoms with Crippen molar-refractivity contribution in [1.82, 2.24) is 24.7 Å². The molecule has 3 heterocycles. The van der Waals surface area contributed by atoms with Gasteiger partial charge in [-0.1, -0.05) is 0 Å². The summed E-state index contributed by atoms with van der Waals surface area (Å²) in [5, 5.41) is 9.38. The molecule has 0 unspecified atom stereocenters. The Morgan fingerprint density at radius 3 is 2.76 bits per heavy atom. The number of aromatic amines is 2. The number of anilines is 1. The van der Waals surface area contributed by atoms with Gasteiger partial charge in [0.15, 0.2) is 5.82 Å². The number of imidazole rings is 1. The molecule has 8 nitrogen and oxygen atoms in total. The van der Waals surface area contributed by atoms with E-state index in [1.807, 2.05) is 6.07 Å². The number of pyridine rings is 1. The van der Waals surface area contributed by atoms with Crippen molar-refractivity contribution in [3.63, 3.8) is 0 Å². The van der Waals surface area contributed by atoms with Crippen molar-refractivity contribution >= 4 is 22.8 Å². The first kappa shape index (κ1) is 18.5. The molecule has 0 bridgehead atoms. The van der Waals surface area contributed by atoms with Crippen LogP contribution in [-0.2, 0) is 6.54 Å². The van der Waals surface area contributed by atoms with Crippen LogP contribution in [0.4, 0.5) is 19.0 Å². The molecule has 0 aliphatic carbocycles. The zero-order valence-corrected chi connectivity index (χ0v) is 14.6. The number of hydrogen-bond acceptors (Lipinski definition) is 4. The maximum Gasteiger partial charge on any atom is 0.406 e. The quantitative estimate of drug-likeness (QED) is 0.488. The molecule has 0 fully saturated rings. The molecule has 148 valence electrons. The fraction of sp³-hybridized carbons (Fsp3) is 0.111. The number of carbonyl (C=O) groups is 1. The second-order valence-electron chi connectivity index (χ2n) is 6.23. The van der Waals surface area contributed by atoms with Crippen LogP contribution in [0.15, 0.2) is 53.6 Å². The molecule has 0 saturated heterocycles. The van der Waals surface area contributed by atoms with Gasteiger partial charge in [-0.05, 0) is 30.3 Å². The molecule has 1 aromatic carbocycles. The van der Waals surface area contributed by atoms with Gasteiger partial charge in [0, 0.05) is 29.6 Å². The number of nitrogens with zero attached hydrogens (tertiary/aromatic N) is 3. The third-order valence-corrected chi connectivity index (χ3v) is 4.17. The van der Waals surface area contributed by atoms with E-state index in [0.717, 1.165) is 5.56 Å². The molecule has 3 N–H and O–H groups in total. The van der Waals surface area contributed by atoms with Crippen LogP contribution in [0.5, 0.6) is 0 Å². The second kappa shape index (κ2) is 6.93. The highest BCUT2D eigenvalue weighted by Gasteiger charge is 2.29. The number of rotatable bonds is 4. The Balaban J connectivity index is 1.56. The second-order valence-corrected chi connectivity index (χ2v) is 6.23. The van der Waals surface area contributed by atoms with Gasteiger partial charge in [0.25, 0.3) is 5.91 Å². The van der Waals surface area contributed by atoms with Gasteiger partial charge in [0.05, 0.1) is 16.7 Å². The van der Waals surface area contributed by atoms with E-state index in [0.29, 0.717) is 10.3 Å². The largest absolute Gasteiger partial charge is 0.406 e. The van der Waals surface area contributed by atoms with Crippen LogP contribution in [-0.4, -0.2) is 36.8 Å². The summed E-state index contributed by atoms with van der Waals surface area (Å²) in [6, 6.07) is 9.14. The van der Waals surface area contributed by atoms with Gasteiger partial charge in [0.2, 0.25) is 0 Å². The molecule has 0 aliphatic rings. The third kappa shape index (κ3) is 3.88. The maximum absolute atomic E-state index is 12.6. The number of carbonyl (C=O) groups excluding carboxylic acids is 1. The lowest BCUT2D eigenvalue weighted by Gasteiger charge is -2.07. The number of alkyl halides is 3. The monoisotopic (exact) mass is 402 g/mol. The molecule has 4 rings (SSSR count). The molecule has 1 amide bonds. The smallest absolute Gasteiger partial charge is 0.306 e. The van der Waals surface area contributed by atoms with Crippen molar-refractivity contribution in [2.24, 2.45) is 0 Å². The van der Waals surface area contributed by atoms with Crippen molar-refractivity contribution in [2.45, 2.75) is 12.7 Å². The first-order chi connectivity index (χ1) is 13.8. The zero-order chi connectivity index (χ0) is 20.6. The van der Waals surface area contributed by atoms with E-state index in [-0.39, 0.29) is 22.4 Å². The minimum Gasteiger partial charge on any atom is -0.306 e. The van der Waals surface area contributed by atoms with Crippen LogP contribution in [0.25, 0.3) is 22.3 Å². The summed E-state index contributed by atoms with van der Waals surface area (Å²) in [4.78, 5) is 30.6. The van der Waals surface area contributed by atoms with E-state index in [9.17, 15) is 22.8 Å². The molecule has 0 radical (unpaired) electrons. The average molecular weight is 402 g/mol. The number of halogens is 3. The number of nitrogens with one attached hydrogen (secondary N) is 3. The molecule has 0 atom stereocenters. The third-order valence-electron chi connectivity index (χ3n) is 4.17. The number of H-pyrrole nitrogens is 2. The highest BCUT2D eigenvalue weighted by Crippen LogP contribution is 2.22. The fourth-order valence-electron chi connectivity index (χ4n) is 2.89. The number of aromatic nitrogens is 5. The van der Waals surface area contributed by atoms with E-state index in [2.05, 4.69) is 25.5 Å². The first-order valence-electron chi connectivity index (χ1n) is 8.37. The first-order valence-corrected chi connectivity index (χ1v) is 8.37. The molecule has 0 saturated carbocycles. The highest BCUT2D eigenvalue weighted by atomic mass is 19.4. The maximum atomic E-state index is 12.6. The van der Waals surface area contributed by atoms with E-state index in [1.165, 1.54) is 18.2 Å². The lowest BCUT2D eigenvalue weighted by Crippen LogP contribution is -2.26. The summed E-state index contributed by atoms with van der Waals surface area (Å²) < 4.78 is 38.5. The van der Waals surface area contributed by atoms with Gasteiger partial charge < -0.3 is 10.3 Å². The Morgan fingerprint density at radius 1 is 1.21 bits per heavy atom. The Kier molecular flexibility index (Phi) is 4.41. The van der Waals surface area contributed by atoms with Crippen molar-refractivity contribution in [3.05, 3.63) is 64.8 Å². The lowest BCUT2D eigenvalue weighted by molar-refractivity contribution is -0.140. The van der Waals surface area contributed by atoms with Gasteiger partial charge in [-0.2, -0.15) is 18.3 Å². The summed E-state index contributed by atoms with van der Waals surface area (Å²) in [5.41, 5.74) is 0.877. The van der Waals surface area contributed by atoms with Crippen LogP contribution >= 0.6 is 0 Å². The van der Waals surface area contributed by atoms with E-state index in [1.54, 1.807) is 24.5 Å². The standard InChI is InChI=1S/C18H13F3N6O2/c19-18(20,21)9-27-14-4-3-10(6-13(14)23-17(27)29)16(28)24-15-7-12(25-26-15)11-2-1-5-22-8-11/h1-8H,9H2,(H,23,29)(H2,24,25,26,28). The molecular formula is C18H13F3N6O2. The van der Waals surface area contributed by atoms with Crippen LogP contribution in [0.1, 0.15) is 10.4 Å².